The molecule has 4 nitrogen and oxygen atoms in total. The molecule has 6 heteroatoms. The van der Waals surface area contributed by atoms with Gasteiger partial charge < -0.3 is 9.64 Å². The van der Waals surface area contributed by atoms with Gasteiger partial charge in [-0.1, -0.05) is 6.07 Å². The van der Waals surface area contributed by atoms with Crippen molar-refractivity contribution in [3.05, 3.63) is 70.3 Å². The van der Waals surface area contributed by atoms with Gasteiger partial charge in [0.05, 0.1) is 7.11 Å². The van der Waals surface area contributed by atoms with Gasteiger partial charge >= 0.3 is 5.97 Å². The summed E-state index contributed by atoms with van der Waals surface area (Å²) in [6.07, 6.45) is 4.54. The standard InChI is InChI=1S/C24H25F2NO3/c1-15-10-17(5-9-23(29)30-3)11-16(2)24(15)27-14-18(4-8-22(27)28)12-19-6-7-20(25)13-21(19)26/h5-7,9-11,13,18H,4,8,12,14H2,1-3H3. The minimum atomic E-state index is -0.593. The summed E-state index contributed by atoms with van der Waals surface area (Å²) in [7, 11) is 1.32. The fourth-order valence-corrected chi connectivity index (χ4v) is 4.04. The minimum Gasteiger partial charge on any atom is -0.466 e. The van der Waals surface area contributed by atoms with Crippen LogP contribution in [-0.2, 0) is 20.7 Å². The van der Waals surface area contributed by atoms with Crippen molar-refractivity contribution in [2.75, 3.05) is 18.6 Å². The lowest BCUT2D eigenvalue weighted by atomic mass is 9.89. The summed E-state index contributed by atoms with van der Waals surface area (Å²) in [6.45, 7) is 4.33. The highest BCUT2D eigenvalue weighted by Gasteiger charge is 2.29. The topological polar surface area (TPSA) is 46.6 Å². The Morgan fingerprint density at radius 1 is 1.20 bits per heavy atom. The van der Waals surface area contributed by atoms with Gasteiger partial charge in [0.1, 0.15) is 11.6 Å². The molecule has 1 aliphatic rings. The molecular formula is C24H25F2NO3. The van der Waals surface area contributed by atoms with Crippen LogP contribution < -0.4 is 4.90 Å². The molecule has 1 fully saturated rings. The van der Waals surface area contributed by atoms with Crippen molar-refractivity contribution in [2.45, 2.75) is 33.1 Å². The molecule has 0 N–H and O–H groups in total. The van der Waals surface area contributed by atoms with E-state index in [9.17, 15) is 18.4 Å². The van der Waals surface area contributed by atoms with Crippen molar-refractivity contribution in [1.29, 1.82) is 0 Å². The van der Waals surface area contributed by atoms with Crippen molar-refractivity contribution < 1.29 is 23.1 Å². The van der Waals surface area contributed by atoms with Gasteiger partial charge in [-0.3, -0.25) is 4.79 Å². The molecule has 1 atom stereocenters. The minimum absolute atomic E-state index is 0.0369. The molecule has 0 bridgehead atoms. The van der Waals surface area contributed by atoms with Gasteiger partial charge in [0.25, 0.3) is 0 Å². The van der Waals surface area contributed by atoms with Crippen LogP contribution in [0.1, 0.15) is 35.1 Å². The number of piperidine rings is 1. The molecule has 1 saturated heterocycles. The predicted octanol–water partition coefficient (Wildman–Crippen LogP) is 4.75. The van der Waals surface area contributed by atoms with Crippen molar-refractivity contribution in [1.82, 2.24) is 0 Å². The van der Waals surface area contributed by atoms with E-state index in [1.807, 2.05) is 26.0 Å². The molecule has 1 aliphatic heterocycles. The Kier molecular flexibility index (Phi) is 6.65. The number of carbonyl (C=O) groups excluding carboxylic acids is 2. The zero-order valence-electron chi connectivity index (χ0n) is 17.4. The third kappa shape index (κ3) is 4.93. The second-order valence-corrected chi connectivity index (χ2v) is 7.71. The van der Waals surface area contributed by atoms with Crippen LogP contribution in [0.3, 0.4) is 0 Å². The fourth-order valence-electron chi connectivity index (χ4n) is 4.04. The zero-order chi connectivity index (χ0) is 21.8. The molecule has 1 unspecified atom stereocenters. The summed E-state index contributed by atoms with van der Waals surface area (Å²) in [5, 5.41) is 0. The van der Waals surface area contributed by atoms with E-state index in [2.05, 4.69) is 4.74 Å². The Labute approximate surface area is 175 Å². The second-order valence-electron chi connectivity index (χ2n) is 7.71. The Morgan fingerprint density at radius 3 is 2.53 bits per heavy atom. The molecule has 1 amide bonds. The Morgan fingerprint density at radius 2 is 1.90 bits per heavy atom. The van der Waals surface area contributed by atoms with Crippen LogP contribution in [0.25, 0.3) is 6.08 Å². The van der Waals surface area contributed by atoms with E-state index >= 15 is 0 Å². The SMILES string of the molecule is COC(=O)C=Cc1cc(C)c(N2CC(Cc3ccc(F)cc3F)CCC2=O)c(C)c1. The smallest absolute Gasteiger partial charge is 0.330 e. The van der Waals surface area contributed by atoms with E-state index in [-0.39, 0.29) is 11.8 Å². The quantitative estimate of drug-likeness (QED) is 0.525. The van der Waals surface area contributed by atoms with E-state index in [1.54, 1.807) is 11.0 Å². The fraction of sp³-hybridized carbons (Fsp3) is 0.333. The normalized spacial score (nSPS) is 16.9. The second kappa shape index (κ2) is 9.20. The first kappa shape index (κ1) is 21.7. The van der Waals surface area contributed by atoms with Crippen LogP contribution in [0.2, 0.25) is 0 Å². The number of rotatable bonds is 5. The third-order valence-electron chi connectivity index (χ3n) is 5.43. The summed E-state index contributed by atoms with van der Waals surface area (Å²) in [4.78, 5) is 25.8. The predicted molar refractivity (Wildman–Crippen MR) is 112 cm³/mol. The highest BCUT2D eigenvalue weighted by Crippen LogP contribution is 2.32. The number of esters is 1. The van der Waals surface area contributed by atoms with Crippen molar-refractivity contribution in [2.24, 2.45) is 5.92 Å². The lowest BCUT2D eigenvalue weighted by Crippen LogP contribution is -2.41. The molecule has 3 rings (SSSR count). The molecule has 0 radical (unpaired) electrons. The van der Waals surface area contributed by atoms with E-state index in [4.69, 9.17) is 0 Å². The van der Waals surface area contributed by atoms with Crippen LogP contribution in [-0.4, -0.2) is 25.5 Å². The third-order valence-corrected chi connectivity index (χ3v) is 5.43. The van der Waals surface area contributed by atoms with Gasteiger partial charge in [-0.05, 0) is 79.1 Å². The highest BCUT2D eigenvalue weighted by atomic mass is 19.1. The molecule has 2 aromatic carbocycles. The number of carbonyl (C=O) groups is 2. The Bertz CT molecular complexity index is 977. The van der Waals surface area contributed by atoms with Gasteiger partial charge in [0.2, 0.25) is 5.91 Å². The van der Waals surface area contributed by atoms with Gasteiger partial charge in [0.15, 0.2) is 0 Å². The van der Waals surface area contributed by atoms with Crippen molar-refractivity contribution in [3.63, 3.8) is 0 Å². The molecule has 158 valence electrons. The average Bonchev–Trinajstić information content (AvgIpc) is 2.70. The van der Waals surface area contributed by atoms with Gasteiger partial charge in [-0.15, -0.1) is 0 Å². The number of nitrogens with zero attached hydrogens (tertiary/aromatic N) is 1. The number of halogens is 2. The van der Waals surface area contributed by atoms with E-state index in [1.165, 1.54) is 25.3 Å². The van der Waals surface area contributed by atoms with Crippen molar-refractivity contribution in [3.8, 4) is 0 Å². The molecule has 0 aromatic heterocycles. The average molecular weight is 413 g/mol. The van der Waals surface area contributed by atoms with Crippen LogP contribution >= 0.6 is 0 Å². The first-order valence-electron chi connectivity index (χ1n) is 9.90. The lowest BCUT2D eigenvalue weighted by molar-refractivity contribution is -0.134. The monoisotopic (exact) mass is 413 g/mol. The number of ether oxygens (including phenoxy) is 1. The highest BCUT2D eigenvalue weighted by molar-refractivity contribution is 5.96. The largest absolute Gasteiger partial charge is 0.466 e. The number of anilines is 1. The van der Waals surface area contributed by atoms with Crippen molar-refractivity contribution >= 4 is 23.6 Å². The van der Waals surface area contributed by atoms with Gasteiger partial charge in [0, 0.05) is 30.8 Å². The maximum absolute atomic E-state index is 14.1. The number of aryl methyl sites for hydroxylation is 2. The summed E-state index contributed by atoms with van der Waals surface area (Å²) in [5.41, 5.74) is 3.99. The molecule has 0 saturated carbocycles. The summed E-state index contributed by atoms with van der Waals surface area (Å²) < 4.78 is 31.9. The van der Waals surface area contributed by atoms with Crippen LogP contribution in [0.5, 0.6) is 0 Å². The Hall–Kier alpha value is -3.02. The molecular weight excluding hydrogens is 388 g/mol. The maximum atomic E-state index is 14.1. The number of hydrogen-bond donors (Lipinski definition) is 0. The zero-order valence-corrected chi connectivity index (χ0v) is 17.4. The van der Waals surface area contributed by atoms with Crippen LogP contribution in [0.15, 0.2) is 36.4 Å². The Balaban J connectivity index is 1.82. The number of benzene rings is 2. The van der Waals surface area contributed by atoms with E-state index in [0.29, 0.717) is 31.4 Å². The van der Waals surface area contributed by atoms with E-state index < -0.39 is 17.6 Å². The molecule has 0 aliphatic carbocycles. The number of amides is 1. The molecule has 30 heavy (non-hydrogen) atoms. The van der Waals surface area contributed by atoms with Crippen LogP contribution in [0, 0.1) is 31.4 Å². The first-order valence-corrected chi connectivity index (χ1v) is 9.90. The van der Waals surface area contributed by atoms with Gasteiger partial charge in [-0.2, -0.15) is 0 Å². The summed E-state index contributed by atoms with van der Waals surface area (Å²) >= 11 is 0. The summed E-state index contributed by atoms with van der Waals surface area (Å²) in [5.74, 6) is -1.46. The number of hydrogen-bond acceptors (Lipinski definition) is 3. The molecule has 1 heterocycles. The summed E-state index contributed by atoms with van der Waals surface area (Å²) in [6, 6.07) is 7.47. The molecule has 0 spiro atoms. The maximum Gasteiger partial charge on any atom is 0.330 e. The van der Waals surface area contributed by atoms with E-state index in [0.717, 1.165) is 28.4 Å². The molecule has 2 aromatic rings. The number of methoxy groups -OCH3 is 1. The van der Waals surface area contributed by atoms with Gasteiger partial charge in [-0.25, -0.2) is 13.6 Å². The van der Waals surface area contributed by atoms with Crippen LogP contribution in [0.4, 0.5) is 14.5 Å². The first-order chi connectivity index (χ1) is 14.3. The lowest BCUT2D eigenvalue weighted by Gasteiger charge is -2.35.